The third-order valence-corrected chi connectivity index (χ3v) is 4.92. The van der Waals surface area contributed by atoms with Crippen molar-refractivity contribution in [2.75, 3.05) is 39.8 Å². The Morgan fingerprint density at radius 3 is 2.64 bits per heavy atom. The second kappa shape index (κ2) is 7.23. The highest BCUT2D eigenvalue weighted by atomic mass is 19.4. The van der Waals surface area contributed by atoms with Crippen LogP contribution < -0.4 is 5.32 Å². The van der Waals surface area contributed by atoms with E-state index in [0.29, 0.717) is 26.4 Å². The Morgan fingerprint density at radius 1 is 1.20 bits per heavy atom. The van der Waals surface area contributed by atoms with Crippen molar-refractivity contribution >= 4 is 6.09 Å². The fraction of sp³-hybridized carbons (Fsp3) is 0.929. The van der Waals surface area contributed by atoms with Gasteiger partial charge in [-0.1, -0.05) is 0 Å². The number of ether oxygens (including phenoxy) is 4. The zero-order valence-electron chi connectivity index (χ0n) is 13.5. The molecule has 0 aromatic rings. The van der Waals surface area contributed by atoms with Gasteiger partial charge in [-0.15, -0.1) is 0 Å². The first-order valence-electron chi connectivity index (χ1n) is 8.07. The van der Waals surface area contributed by atoms with Crippen LogP contribution in [0.2, 0.25) is 0 Å². The summed E-state index contributed by atoms with van der Waals surface area (Å²) in [4.78, 5) is 11.9. The van der Waals surface area contributed by atoms with Gasteiger partial charge in [0.05, 0.1) is 12.6 Å². The Bertz CT molecular complexity index is 494. The number of carbonyl (C=O) groups is 1. The first-order valence-corrected chi connectivity index (χ1v) is 8.07. The SMILES string of the molecule is FC(F)(F)[C@@]12CCNC[C@H]1OCO2.O=C(O)N1CCC2OCOC2C1. The normalized spacial score (nSPS) is 37.7. The van der Waals surface area contributed by atoms with Crippen molar-refractivity contribution in [2.24, 2.45) is 0 Å². The molecule has 8 nitrogen and oxygen atoms in total. The number of carboxylic acid groups (broad SMARTS) is 1. The second-order valence-corrected chi connectivity index (χ2v) is 6.30. The highest BCUT2D eigenvalue weighted by Gasteiger charge is 2.64. The van der Waals surface area contributed by atoms with Gasteiger partial charge >= 0.3 is 12.3 Å². The van der Waals surface area contributed by atoms with Gasteiger partial charge in [0, 0.05) is 19.5 Å². The van der Waals surface area contributed by atoms with E-state index in [1.807, 2.05) is 0 Å². The molecule has 0 saturated carbocycles. The van der Waals surface area contributed by atoms with Gasteiger partial charge in [0.15, 0.2) is 5.60 Å². The predicted octanol–water partition coefficient (Wildman–Crippen LogP) is 0.765. The Kier molecular flexibility index (Phi) is 5.40. The Morgan fingerprint density at radius 2 is 1.96 bits per heavy atom. The van der Waals surface area contributed by atoms with Gasteiger partial charge in [0.1, 0.15) is 25.8 Å². The van der Waals surface area contributed by atoms with E-state index >= 15 is 0 Å². The van der Waals surface area contributed by atoms with Crippen LogP contribution in [-0.2, 0) is 18.9 Å². The summed E-state index contributed by atoms with van der Waals surface area (Å²) in [5.74, 6) is 0. The van der Waals surface area contributed by atoms with Gasteiger partial charge in [-0.3, -0.25) is 0 Å². The number of rotatable bonds is 0. The maximum atomic E-state index is 12.7. The summed E-state index contributed by atoms with van der Waals surface area (Å²) in [6.45, 7) is 1.58. The Labute approximate surface area is 142 Å². The van der Waals surface area contributed by atoms with Crippen LogP contribution >= 0.6 is 0 Å². The Hall–Kier alpha value is -1.14. The van der Waals surface area contributed by atoms with Gasteiger partial charge in [0.2, 0.25) is 0 Å². The first-order chi connectivity index (χ1) is 11.8. The summed E-state index contributed by atoms with van der Waals surface area (Å²) in [6.07, 6.45) is -5.35. The minimum Gasteiger partial charge on any atom is -0.465 e. The van der Waals surface area contributed by atoms with Crippen LogP contribution in [-0.4, -0.2) is 86.0 Å². The summed E-state index contributed by atoms with van der Waals surface area (Å²) >= 11 is 0. The zero-order chi connectivity index (χ0) is 18.1. The topological polar surface area (TPSA) is 89.5 Å². The molecule has 4 aliphatic rings. The largest absolute Gasteiger partial charge is 0.465 e. The zero-order valence-corrected chi connectivity index (χ0v) is 13.5. The molecule has 2 unspecified atom stereocenters. The lowest BCUT2D eigenvalue weighted by Gasteiger charge is -2.37. The smallest absolute Gasteiger partial charge is 0.420 e. The monoisotopic (exact) mass is 370 g/mol. The highest BCUT2D eigenvalue weighted by Crippen LogP contribution is 2.44. The average Bonchev–Trinajstić information content (AvgIpc) is 3.21. The van der Waals surface area contributed by atoms with Crippen molar-refractivity contribution in [3.05, 3.63) is 0 Å². The number of nitrogens with zero attached hydrogens (tertiary/aromatic N) is 1. The van der Waals surface area contributed by atoms with Gasteiger partial charge in [-0.2, -0.15) is 13.2 Å². The number of amides is 1. The van der Waals surface area contributed by atoms with Crippen molar-refractivity contribution in [1.29, 1.82) is 0 Å². The third kappa shape index (κ3) is 3.70. The van der Waals surface area contributed by atoms with Crippen molar-refractivity contribution in [3.63, 3.8) is 0 Å². The summed E-state index contributed by atoms with van der Waals surface area (Å²) in [6, 6.07) is 0. The van der Waals surface area contributed by atoms with E-state index in [1.165, 1.54) is 4.90 Å². The van der Waals surface area contributed by atoms with Crippen LogP contribution in [0.4, 0.5) is 18.0 Å². The molecule has 4 saturated heterocycles. The van der Waals surface area contributed by atoms with Gasteiger partial charge in [-0.25, -0.2) is 4.79 Å². The van der Waals surface area contributed by atoms with Crippen LogP contribution in [0.3, 0.4) is 0 Å². The van der Waals surface area contributed by atoms with E-state index in [-0.39, 0.29) is 32.0 Å². The van der Waals surface area contributed by atoms with E-state index in [0.717, 1.165) is 6.42 Å². The predicted molar refractivity (Wildman–Crippen MR) is 75.9 cm³/mol. The number of nitrogens with one attached hydrogen (secondary N) is 1. The molecule has 4 fully saturated rings. The van der Waals surface area contributed by atoms with Crippen LogP contribution in [0.25, 0.3) is 0 Å². The van der Waals surface area contributed by atoms with Gasteiger partial charge in [0.25, 0.3) is 0 Å². The number of hydrogen-bond donors (Lipinski definition) is 2. The maximum Gasteiger partial charge on any atom is 0.420 e. The second-order valence-electron chi connectivity index (χ2n) is 6.30. The summed E-state index contributed by atoms with van der Waals surface area (Å²) in [5.41, 5.74) is -2.06. The standard InChI is InChI=1S/C7H10F3NO2.C7H11NO4/c8-7(9,10)6-1-2-11-3-5(6)12-4-13-6;9-7(10)8-2-1-5-6(3-8)12-4-11-5/h5,11H,1-4H2;5-6H,1-4H2,(H,9,10)/t5-,6-;/m1./s1. The molecule has 0 spiro atoms. The lowest BCUT2D eigenvalue weighted by molar-refractivity contribution is -0.272. The maximum absolute atomic E-state index is 12.7. The molecule has 2 N–H and O–H groups in total. The number of fused-ring (bicyclic) bond motifs is 2. The number of likely N-dealkylation sites (tertiary alicyclic amines) is 1. The lowest BCUT2D eigenvalue weighted by Crippen LogP contribution is -2.60. The van der Waals surface area contributed by atoms with Crippen molar-refractivity contribution in [3.8, 4) is 0 Å². The molecule has 0 aromatic carbocycles. The van der Waals surface area contributed by atoms with Crippen molar-refractivity contribution in [2.45, 2.75) is 42.9 Å². The first kappa shape index (κ1) is 18.6. The minimum atomic E-state index is -4.34. The number of hydrogen-bond acceptors (Lipinski definition) is 6. The van der Waals surface area contributed by atoms with E-state index in [9.17, 15) is 18.0 Å². The molecule has 0 bridgehead atoms. The molecule has 0 aliphatic carbocycles. The molecule has 0 radical (unpaired) electrons. The van der Waals surface area contributed by atoms with Crippen molar-refractivity contribution < 1.29 is 42.0 Å². The molecule has 11 heteroatoms. The molecular weight excluding hydrogens is 349 g/mol. The fourth-order valence-electron chi connectivity index (χ4n) is 3.45. The molecule has 4 rings (SSSR count). The van der Waals surface area contributed by atoms with E-state index in [1.54, 1.807) is 0 Å². The van der Waals surface area contributed by atoms with Gasteiger partial charge in [-0.05, 0) is 13.0 Å². The van der Waals surface area contributed by atoms with E-state index in [2.05, 4.69) is 5.32 Å². The van der Waals surface area contributed by atoms with Gasteiger partial charge < -0.3 is 34.3 Å². The van der Waals surface area contributed by atoms with Crippen LogP contribution in [0.5, 0.6) is 0 Å². The molecular formula is C14H21F3N2O6. The summed E-state index contributed by atoms with van der Waals surface area (Å²) in [5, 5.41) is 11.5. The van der Waals surface area contributed by atoms with Crippen LogP contribution in [0.1, 0.15) is 12.8 Å². The molecule has 144 valence electrons. The fourth-order valence-corrected chi connectivity index (χ4v) is 3.45. The lowest BCUT2D eigenvalue weighted by atomic mass is 9.89. The molecule has 0 aromatic heterocycles. The molecule has 1 amide bonds. The number of piperidine rings is 2. The number of halogens is 3. The molecule has 25 heavy (non-hydrogen) atoms. The summed E-state index contributed by atoms with van der Waals surface area (Å²) in [7, 11) is 0. The molecule has 4 heterocycles. The number of alkyl halides is 3. The van der Waals surface area contributed by atoms with Crippen LogP contribution in [0, 0.1) is 0 Å². The van der Waals surface area contributed by atoms with Crippen molar-refractivity contribution in [1.82, 2.24) is 10.2 Å². The van der Waals surface area contributed by atoms with Crippen LogP contribution in [0.15, 0.2) is 0 Å². The third-order valence-electron chi connectivity index (χ3n) is 4.92. The quantitative estimate of drug-likeness (QED) is 0.651. The Balaban J connectivity index is 0.000000146. The average molecular weight is 370 g/mol. The molecule has 4 atom stereocenters. The van der Waals surface area contributed by atoms with E-state index < -0.39 is 24.0 Å². The van der Waals surface area contributed by atoms with E-state index in [4.69, 9.17) is 24.1 Å². The minimum absolute atomic E-state index is 0.0464. The molecule has 4 aliphatic heterocycles. The highest BCUT2D eigenvalue weighted by molar-refractivity contribution is 5.65. The summed E-state index contributed by atoms with van der Waals surface area (Å²) < 4.78 is 58.0.